The van der Waals surface area contributed by atoms with Crippen LogP contribution in [-0.4, -0.2) is 18.6 Å². The van der Waals surface area contributed by atoms with E-state index in [4.69, 9.17) is 17.0 Å². The number of thiocarbonyl (C=S) groups is 1. The summed E-state index contributed by atoms with van der Waals surface area (Å²) in [6, 6.07) is 12.6. The molecule has 0 bridgehead atoms. The first-order valence-corrected chi connectivity index (χ1v) is 6.41. The summed E-state index contributed by atoms with van der Waals surface area (Å²) in [4.78, 5) is 0.848. The van der Waals surface area contributed by atoms with Gasteiger partial charge in [0, 0.05) is 6.54 Å². The largest absolute Gasteiger partial charge is 0.497 e. The first-order valence-electron chi connectivity index (χ1n) is 6.00. The molecule has 2 nitrogen and oxygen atoms in total. The fraction of sp³-hybridized carbons (Fsp3) is 0.267. The predicted octanol–water partition coefficient (Wildman–Crippen LogP) is 3.33. The predicted molar refractivity (Wildman–Crippen MR) is 80.5 cm³/mol. The number of fused-ring (bicyclic) bond motifs is 1. The van der Waals surface area contributed by atoms with Gasteiger partial charge in [0.2, 0.25) is 0 Å². The number of hydrogen-bond acceptors (Lipinski definition) is 2. The maximum absolute atomic E-state index is 5.22. The summed E-state index contributed by atoms with van der Waals surface area (Å²) in [6.45, 7) is 2.79. The van der Waals surface area contributed by atoms with E-state index in [1.54, 1.807) is 7.11 Å². The van der Waals surface area contributed by atoms with Crippen LogP contribution in [0.2, 0.25) is 0 Å². The van der Waals surface area contributed by atoms with Crippen LogP contribution in [0, 0.1) is 0 Å². The Bertz CT molecular complexity index is 565. The van der Waals surface area contributed by atoms with Crippen molar-refractivity contribution in [1.82, 2.24) is 5.32 Å². The number of methoxy groups -OCH3 is 1. The van der Waals surface area contributed by atoms with Gasteiger partial charge in [-0.2, -0.15) is 0 Å². The normalized spacial score (nSPS) is 10.3. The molecule has 0 atom stereocenters. The Morgan fingerprint density at radius 3 is 2.61 bits per heavy atom. The molecule has 0 unspecified atom stereocenters. The van der Waals surface area contributed by atoms with E-state index in [9.17, 15) is 0 Å². The summed E-state index contributed by atoms with van der Waals surface area (Å²) < 4.78 is 5.22. The van der Waals surface area contributed by atoms with Gasteiger partial charge in [-0.25, -0.2) is 0 Å². The highest BCUT2D eigenvalue weighted by atomic mass is 32.1. The minimum Gasteiger partial charge on any atom is -0.497 e. The van der Waals surface area contributed by atoms with E-state index in [0.29, 0.717) is 0 Å². The van der Waals surface area contributed by atoms with Gasteiger partial charge < -0.3 is 10.1 Å². The van der Waals surface area contributed by atoms with Gasteiger partial charge in [0.15, 0.2) is 0 Å². The van der Waals surface area contributed by atoms with Gasteiger partial charge >= 0.3 is 0 Å². The average Bonchev–Trinajstić information content (AvgIpc) is 2.37. The Kier molecular flexibility index (Phi) is 4.15. The molecule has 0 amide bonds. The van der Waals surface area contributed by atoms with Crippen molar-refractivity contribution < 1.29 is 4.74 Å². The number of hydrogen-bond donors (Lipinski definition) is 1. The molecule has 2 rings (SSSR count). The SMILES string of the molecule is COc1ccc2cc(CCNC(C)=S)ccc2c1. The molecule has 2 aromatic carbocycles. The highest BCUT2D eigenvalue weighted by Gasteiger charge is 1.99. The molecule has 0 aliphatic heterocycles. The van der Waals surface area contributed by atoms with Gasteiger partial charge in [-0.15, -0.1) is 0 Å². The number of rotatable bonds is 4. The van der Waals surface area contributed by atoms with Gasteiger partial charge in [0.1, 0.15) is 5.75 Å². The third-order valence-corrected chi connectivity index (χ3v) is 3.04. The Balaban J connectivity index is 2.15. The van der Waals surface area contributed by atoms with Crippen molar-refractivity contribution >= 4 is 28.0 Å². The van der Waals surface area contributed by atoms with E-state index in [-0.39, 0.29) is 0 Å². The molecule has 94 valence electrons. The van der Waals surface area contributed by atoms with Crippen LogP contribution in [0.15, 0.2) is 36.4 Å². The van der Waals surface area contributed by atoms with E-state index in [0.717, 1.165) is 23.7 Å². The van der Waals surface area contributed by atoms with Crippen LogP contribution in [0.4, 0.5) is 0 Å². The third-order valence-electron chi connectivity index (χ3n) is 2.90. The molecular formula is C15H17NOS. The molecule has 2 aromatic rings. The van der Waals surface area contributed by atoms with Gasteiger partial charge in [-0.3, -0.25) is 0 Å². The summed E-state index contributed by atoms with van der Waals surface area (Å²) in [5, 5.41) is 5.62. The quantitative estimate of drug-likeness (QED) is 0.851. The van der Waals surface area contributed by atoms with Gasteiger partial charge in [-0.1, -0.05) is 36.5 Å². The maximum Gasteiger partial charge on any atom is 0.119 e. The van der Waals surface area contributed by atoms with Crippen LogP contribution in [0.25, 0.3) is 10.8 Å². The Labute approximate surface area is 113 Å². The van der Waals surface area contributed by atoms with E-state index in [1.807, 2.05) is 13.0 Å². The van der Waals surface area contributed by atoms with E-state index >= 15 is 0 Å². The fourth-order valence-corrected chi connectivity index (χ4v) is 2.04. The molecule has 0 radical (unpaired) electrons. The second kappa shape index (κ2) is 5.83. The standard InChI is InChI=1S/C15H17NOS/c1-11(18)16-8-7-12-3-4-14-10-15(17-2)6-5-13(14)9-12/h3-6,9-10H,7-8H2,1-2H3,(H,16,18). The molecule has 18 heavy (non-hydrogen) atoms. The Hall–Kier alpha value is -1.61. The molecule has 0 aromatic heterocycles. The van der Waals surface area contributed by atoms with E-state index in [1.165, 1.54) is 16.3 Å². The van der Waals surface area contributed by atoms with Crippen LogP contribution in [0.3, 0.4) is 0 Å². The summed E-state index contributed by atoms with van der Waals surface area (Å²) in [7, 11) is 1.69. The van der Waals surface area contributed by atoms with E-state index < -0.39 is 0 Å². The number of benzene rings is 2. The monoisotopic (exact) mass is 259 g/mol. The van der Waals surface area contributed by atoms with Crippen molar-refractivity contribution in [2.24, 2.45) is 0 Å². The van der Waals surface area contributed by atoms with Crippen molar-refractivity contribution in [3.63, 3.8) is 0 Å². The second-order valence-corrected chi connectivity index (χ2v) is 4.89. The van der Waals surface area contributed by atoms with Gasteiger partial charge in [0.05, 0.1) is 12.1 Å². The molecule has 1 N–H and O–H groups in total. The van der Waals surface area contributed by atoms with Crippen molar-refractivity contribution in [3.05, 3.63) is 42.0 Å². The van der Waals surface area contributed by atoms with E-state index in [2.05, 4.69) is 35.6 Å². The number of ether oxygens (including phenoxy) is 1. The fourth-order valence-electron chi connectivity index (χ4n) is 1.94. The Morgan fingerprint density at radius 1 is 1.17 bits per heavy atom. The zero-order chi connectivity index (χ0) is 13.0. The lowest BCUT2D eigenvalue weighted by Crippen LogP contribution is -2.20. The summed E-state index contributed by atoms with van der Waals surface area (Å²) >= 11 is 4.99. The topological polar surface area (TPSA) is 21.3 Å². The maximum atomic E-state index is 5.22. The first-order chi connectivity index (χ1) is 8.69. The van der Waals surface area contributed by atoms with Crippen LogP contribution < -0.4 is 10.1 Å². The molecule has 0 spiro atoms. The van der Waals surface area contributed by atoms with Gasteiger partial charge in [0.25, 0.3) is 0 Å². The summed E-state index contributed by atoms with van der Waals surface area (Å²) in [6.07, 6.45) is 0.982. The average molecular weight is 259 g/mol. The van der Waals surface area contributed by atoms with Crippen LogP contribution in [-0.2, 0) is 6.42 Å². The molecule has 0 saturated carbocycles. The lowest BCUT2D eigenvalue weighted by Gasteiger charge is -2.07. The van der Waals surface area contributed by atoms with Crippen molar-refractivity contribution in [2.45, 2.75) is 13.3 Å². The minimum absolute atomic E-state index is 0.848. The Morgan fingerprint density at radius 2 is 1.89 bits per heavy atom. The zero-order valence-corrected chi connectivity index (χ0v) is 11.5. The van der Waals surface area contributed by atoms with Crippen LogP contribution >= 0.6 is 12.2 Å². The molecule has 3 heteroatoms. The molecule has 0 fully saturated rings. The third kappa shape index (κ3) is 3.20. The summed E-state index contributed by atoms with van der Waals surface area (Å²) in [5.74, 6) is 0.897. The first kappa shape index (κ1) is 12.8. The second-order valence-electron chi connectivity index (χ2n) is 4.28. The van der Waals surface area contributed by atoms with Crippen molar-refractivity contribution in [2.75, 3.05) is 13.7 Å². The van der Waals surface area contributed by atoms with Crippen LogP contribution in [0.5, 0.6) is 5.75 Å². The highest BCUT2D eigenvalue weighted by molar-refractivity contribution is 7.80. The molecule has 0 heterocycles. The lowest BCUT2D eigenvalue weighted by molar-refractivity contribution is 0.415. The molecule has 0 saturated heterocycles. The highest BCUT2D eigenvalue weighted by Crippen LogP contribution is 2.21. The summed E-state index contributed by atoms with van der Waals surface area (Å²) in [5.41, 5.74) is 1.32. The number of nitrogens with one attached hydrogen (secondary N) is 1. The van der Waals surface area contributed by atoms with Crippen LogP contribution in [0.1, 0.15) is 12.5 Å². The van der Waals surface area contributed by atoms with Gasteiger partial charge in [-0.05, 0) is 41.8 Å². The molecular weight excluding hydrogens is 242 g/mol. The lowest BCUT2D eigenvalue weighted by atomic mass is 10.0. The van der Waals surface area contributed by atoms with Crippen molar-refractivity contribution in [3.8, 4) is 5.75 Å². The molecule has 0 aliphatic carbocycles. The smallest absolute Gasteiger partial charge is 0.119 e. The van der Waals surface area contributed by atoms with Crippen molar-refractivity contribution in [1.29, 1.82) is 0 Å². The zero-order valence-electron chi connectivity index (χ0n) is 10.7. The minimum atomic E-state index is 0.848. The molecule has 0 aliphatic rings.